The van der Waals surface area contributed by atoms with Crippen molar-refractivity contribution in [3.8, 4) is 0 Å². The summed E-state index contributed by atoms with van der Waals surface area (Å²) in [6.07, 6.45) is 1.13. The van der Waals surface area contributed by atoms with E-state index in [1.54, 1.807) is 6.07 Å². The van der Waals surface area contributed by atoms with E-state index in [1.165, 1.54) is 5.56 Å². The average Bonchev–Trinajstić information content (AvgIpc) is 2.27. The van der Waals surface area contributed by atoms with Gasteiger partial charge in [-0.25, -0.2) is 0 Å². The first-order valence-corrected chi connectivity index (χ1v) is 5.75. The van der Waals surface area contributed by atoms with Crippen molar-refractivity contribution < 1.29 is 1.43 Å². The molecule has 1 atom stereocenters. The Balaban J connectivity index is 0.00000144. The number of hydrogen-bond donors (Lipinski definition) is 1. The maximum absolute atomic E-state index is 11.3. The van der Waals surface area contributed by atoms with E-state index in [1.807, 2.05) is 13.0 Å². The SMILES string of the molecule is CCC(C)c1ccc2[nH]c(=O)cc(C)c2c1.[HH]. The first-order chi connectivity index (χ1) is 7.61. The number of pyridine rings is 1. The van der Waals surface area contributed by atoms with Crippen LogP contribution in [0.25, 0.3) is 10.9 Å². The van der Waals surface area contributed by atoms with Gasteiger partial charge in [-0.1, -0.05) is 19.9 Å². The van der Waals surface area contributed by atoms with E-state index in [-0.39, 0.29) is 6.99 Å². The molecular weight excluding hydrogens is 198 g/mol. The Hall–Kier alpha value is -1.57. The van der Waals surface area contributed by atoms with Gasteiger partial charge >= 0.3 is 0 Å². The van der Waals surface area contributed by atoms with E-state index < -0.39 is 0 Å². The number of fused-ring (bicyclic) bond motifs is 1. The summed E-state index contributed by atoms with van der Waals surface area (Å²) in [5.41, 5.74) is 3.28. The second-order valence-electron chi connectivity index (χ2n) is 4.43. The number of nitrogens with one attached hydrogen (secondary N) is 1. The summed E-state index contributed by atoms with van der Waals surface area (Å²) in [6, 6.07) is 7.95. The summed E-state index contributed by atoms with van der Waals surface area (Å²) in [5.74, 6) is 0.565. The molecular formula is C14H19NO. The van der Waals surface area contributed by atoms with Crippen molar-refractivity contribution in [3.05, 3.63) is 45.7 Å². The molecule has 16 heavy (non-hydrogen) atoms. The van der Waals surface area contributed by atoms with Crippen LogP contribution in [0.3, 0.4) is 0 Å². The van der Waals surface area contributed by atoms with Crippen molar-refractivity contribution in [1.29, 1.82) is 0 Å². The standard InChI is InChI=1S/C14H17NO.H2/c1-4-9(2)11-5-6-13-12(8-11)10(3)7-14(16)15-13;/h5-9H,4H2,1-3H3,(H,15,16);1H. The Labute approximate surface area is 96.8 Å². The number of aromatic nitrogens is 1. The summed E-state index contributed by atoms with van der Waals surface area (Å²) in [6.45, 7) is 6.40. The first kappa shape index (κ1) is 10.9. The maximum Gasteiger partial charge on any atom is 0.248 e. The summed E-state index contributed by atoms with van der Waals surface area (Å²) in [4.78, 5) is 14.2. The lowest BCUT2D eigenvalue weighted by Crippen LogP contribution is -2.05. The van der Waals surface area contributed by atoms with Crippen LogP contribution in [0.15, 0.2) is 29.1 Å². The molecule has 1 aromatic heterocycles. The molecule has 0 saturated carbocycles. The van der Waals surface area contributed by atoms with Crippen LogP contribution in [0.2, 0.25) is 0 Å². The molecule has 1 heterocycles. The molecule has 0 radical (unpaired) electrons. The fourth-order valence-electron chi connectivity index (χ4n) is 1.98. The predicted octanol–water partition coefficient (Wildman–Crippen LogP) is 3.60. The number of H-pyrrole nitrogens is 1. The Bertz CT molecular complexity index is 574. The van der Waals surface area contributed by atoms with Crippen LogP contribution in [0.4, 0.5) is 0 Å². The Morgan fingerprint density at radius 1 is 1.38 bits per heavy atom. The molecule has 0 bridgehead atoms. The van der Waals surface area contributed by atoms with Gasteiger partial charge in [-0.05, 0) is 42.5 Å². The molecule has 1 N–H and O–H groups in total. The van der Waals surface area contributed by atoms with E-state index >= 15 is 0 Å². The van der Waals surface area contributed by atoms with Crippen LogP contribution < -0.4 is 5.56 Å². The molecule has 0 amide bonds. The maximum atomic E-state index is 11.3. The van der Waals surface area contributed by atoms with Gasteiger partial charge in [0.1, 0.15) is 0 Å². The topological polar surface area (TPSA) is 32.9 Å². The summed E-state index contributed by atoms with van der Waals surface area (Å²) >= 11 is 0. The molecule has 2 aromatic rings. The minimum absolute atomic E-state index is 0. The fourth-order valence-corrected chi connectivity index (χ4v) is 1.98. The number of rotatable bonds is 2. The molecule has 0 spiro atoms. The summed E-state index contributed by atoms with van der Waals surface area (Å²) in [7, 11) is 0. The third kappa shape index (κ3) is 1.87. The summed E-state index contributed by atoms with van der Waals surface area (Å²) < 4.78 is 0. The molecule has 2 rings (SSSR count). The molecule has 0 saturated heterocycles. The van der Waals surface area contributed by atoms with E-state index in [4.69, 9.17) is 0 Å². The van der Waals surface area contributed by atoms with Crippen LogP contribution in [0, 0.1) is 6.92 Å². The smallest absolute Gasteiger partial charge is 0.248 e. The normalized spacial score (nSPS) is 12.9. The zero-order valence-electron chi connectivity index (χ0n) is 10.0. The third-order valence-corrected chi connectivity index (χ3v) is 3.26. The third-order valence-electron chi connectivity index (χ3n) is 3.26. The molecule has 1 unspecified atom stereocenters. The average molecular weight is 217 g/mol. The van der Waals surface area contributed by atoms with E-state index in [9.17, 15) is 4.79 Å². The van der Waals surface area contributed by atoms with E-state index in [2.05, 4.69) is 31.0 Å². The largest absolute Gasteiger partial charge is 0.322 e. The second-order valence-corrected chi connectivity index (χ2v) is 4.43. The highest BCUT2D eigenvalue weighted by Crippen LogP contribution is 2.23. The highest BCUT2D eigenvalue weighted by molar-refractivity contribution is 5.82. The van der Waals surface area contributed by atoms with Crippen molar-refractivity contribution >= 4 is 10.9 Å². The molecule has 2 nitrogen and oxygen atoms in total. The lowest BCUT2D eigenvalue weighted by atomic mass is 9.96. The van der Waals surface area contributed by atoms with Gasteiger partial charge < -0.3 is 4.98 Å². The molecule has 2 heteroatoms. The fraction of sp³-hybridized carbons (Fsp3) is 0.357. The lowest BCUT2D eigenvalue weighted by molar-refractivity contribution is 0.734. The van der Waals surface area contributed by atoms with Crippen LogP contribution in [0.5, 0.6) is 0 Å². The predicted molar refractivity (Wildman–Crippen MR) is 70.1 cm³/mol. The van der Waals surface area contributed by atoms with Gasteiger partial charge in [0.15, 0.2) is 0 Å². The molecule has 0 aliphatic heterocycles. The van der Waals surface area contributed by atoms with Crippen LogP contribution in [-0.2, 0) is 0 Å². The Morgan fingerprint density at radius 2 is 2.12 bits per heavy atom. The van der Waals surface area contributed by atoms with Crippen molar-refractivity contribution in [3.63, 3.8) is 0 Å². The van der Waals surface area contributed by atoms with E-state index in [0.29, 0.717) is 5.92 Å². The Morgan fingerprint density at radius 3 is 2.81 bits per heavy atom. The van der Waals surface area contributed by atoms with Crippen LogP contribution in [0.1, 0.15) is 38.7 Å². The first-order valence-electron chi connectivity index (χ1n) is 5.75. The van der Waals surface area contributed by atoms with Gasteiger partial charge in [-0.15, -0.1) is 0 Å². The van der Waals surface area contributed by atoms with Gasteiger partial charge in [-0.2, -0.15) is 0 Å². The highest BCUT2D eigenvalue weighted by Gasteiger charge is 2.05. The Kier molecular flexibility index (Phi) is 2.82. The van der Waals surface area contributed by atoms with Gasteiger partial charge in [0.25, 0.3) is 0 Å². The van der Waals surface area contributed by atoms with Crippen molar-refractivity contribution in [2.75, 3.05) is 0 Å². The highest BCUT2D eigenvalue weighted by atomic mass is 16.1. The van der Waals surface area contributed by atoms with Crippen LogP contribution in [-0.4, -0.2) is 4.98 Å². The summed E-state index contributed by atoms with van der Waals surface area (Å²) in [5, 5.41) is 1.15. The molecule has 0 aliphatic carbocycles. The minimum Gasteiger partial charge on any atom is -0.322 e. The quantitative estimate of drug-likeness (QED) is 0.819. The van der Waals surface area contributed by atoms with Gasteiger partial charge in [0, 0.05) is 18.4 Å². The van der Waals surface area contributed by atoms with Crippen molar-refractivity contribution in [1.82, 2.24) is 4.98 Å². The van der Waals surface area contributed by atoms with Gasteiger partial charge in [0.2, 0.25) is 5.56 Å². The molecule has 0 aliphatic rings. The van der Waals surface area contributed by atoms with Crippen molar-refractivity contribution in [2.24, 2.45) is 0 Å². The number of aromatic amines is 1. The van der Waals surface area contributed by atoms with Gasteiger partial charge in [0.05, 0.1) is 0 Å². The van der Waals surface area contributed by atoms with Crippen molar-refractivity contribution in [2.45, 2.75) is 33.1 Å². The zero-order valence-corrected chi connectivity index (χ0v) is 10.0. The van der Waals surface area contributed by atoms with E-state index in [0.717, 1.165) is 22.9 Å². The van der Waals surface area contributed by atoms with Crippen LogP contribution >= 0.6 is 0 Å². The minimum atomic E-state index is -0.0266. The number of benzene rings is 1. The second kappa shape index (κ2) is 4.12. The monoisotopic (exact) mass is 217 g/mol. The lowest BCUT2D eigenvalue weighted by Gasteiger charge is -2.10. The molecule has 1 aromatic carbocycles. The number of hydrogen-bond acceptors (Lipinski definition) is 1. The zero-order chi connectivity index (χ0) is 11.7. The molecule has 0 fully saturated rings. The number of aryl methyl sites for hydroxylation is 1. The van der Waals surface area contributed by atoms with Gasteiger partial charge in [-0.3, -0.25) is 4.79 Å². The molecule has 86 valence electrons.